The van der Waals surface area contributed by atoms with Gasteiger partial charge in [-0.05, 0) is 44.0 Å². The van der Waals surface area contributed by atoms with Crippen molar-refractivity contribution in [1.29, 1.82) is 0 Å². The molecule has 0 spiro atoms. The minimum absolute atomic E-state index is 0.00277. The van der Waals surface area contributed by atoms with Crippen LogP contribution in [0.25, 0.3) is 0 Å². The van der Waals surface area contributed by atoms with Gasteiger partial charge < -0.3 is 9.47 Å². The highest BCUT2D eigenvalue weighted by molar-refractivity contribution is 9.11. The first-order valence-electron chi connectivity index (χ1n) is 4.41. The average Bonchev–Trinajstić information content (AvgIpc) is 2.20. The largest absolute Gasteiger partial charge is 0.489 e. The van der Waals surface area contributed by atoms with Crippen molar-refractivity contribution in [1.82, 2.24) is 0 Å². The van der Waals surface area contributed by atoms with E-state index in [-0.39, 0.29) is 4.90 Å². The van der Waals surface area contributed by atoms with Crippen molar-refractivity contribution in [3.05, 3.63) is 21.1 Å². The summed E-state index contributed by atoms with van der Waals surface area (Å²) in [4.78, 5) is -0.00277. The highest BCUT2D eigenvalue weighted by Gasteiger charge is 2.16. The normalized spacial score (nSPS) is 11.5. The van der Waals surface area contributed by atoms with Crippen molar-refractivity contribution in [2.75, 3.05) is 20.3 Å². The number of hydrogen-bond donors (Lipinski definition) is 0. The molecule has 8 heteroatoms. The van der Waals surface area contributed by atoms with E-state index in [1.165, 1.54) is 12.1 Å². The van der Waals surface area contributed by atoms with Crippen molar-refractivity contribution in [2.24, 2.45) is 0 Å². The maximum atomic E-state index is 11.2. The summed E-state index contributed by atoms with van der Waals surface area (Å²) in [5.41, 5.74) is 0. The zero-order chi connectivity index (χ0) is 13.1. The Morgan fingerprint density at radius 3 is 2.18 bits per heavy atom. The highest BCUT2D eigenvalue weighted by atomic mass is 79.9. The minimum Gasteiger partial charge on any atom is -0.489 e. The topological polar surface area (TPSA) is 52.6 Å². The van der Waals surface area contributed by atoms with Gasteiger partial charge in [-0.15, -0.1) is 0 Å². The van der Waals surface area contributed by atoms with Gasteiger partial charge in [0.1, 0.15) is 12.4 Å². The molecule has 0 atom stereocenters. The van der Waals surface area contributed by atoms with Crippen LogP contribution in [-0.4, -0.2) is 28.7 Å². The van der Waals surface area contributed by atoms with Crippen molar-refractivity contribution < 1.29 is 17.9 Å². The van der Waals surface area contributed by atoms with Gasteiger partial charge in [-0.3, -0.25) is 0 Å². The third-order valence-electron chi connectivity index (χ3n) is 1.79. The van der Waals surface area contributed by atoms with E-state index in [0.717, 1.165) is 0 Å². The van der Waals surface area contributed by atoms with Gasteiger partial charge in [-0.2, -0.15) is 0 Å². The van der Waals surface area contributed by atoms with Crippen molar-refractivity contribution >= 4 is 51.6 Å². The molecule has 0 fully saturated rings. The molecule has 1 aromatic carbocycles. The first-order chi connectivity index (χ1) is 7.86. The van der Waals surface area contributed by atoms with Crippen LogP contribution in [0.5, 0.6) is 5.75 Å². The lowest BCUT2D eigenvalue weighted by Crippen LogP contribution is -2.05. The van der Waals surface area contributed by atoms with E-state index in [1.54, 1.807) is 7.11 Å². The van der Waals surface area contributed by atoms with Gasteiger partial charge in [-0.25, -0.2) is 8.42 Å². The summed E-state index contributed by atoms with van der Waals surface area (Å²) in [6, 6.07) is 2.77. The molecule has 0 aliphatic heterocycles. The Bertz CT molecular complexity index is 481. The summed E-state index contributed by atoms with van der Waals surface area (Å²) in [5, 5.41) is 0. The Kier molecular flexibility index (Phi) is 5.72. The molecule has 0 aromatic heterocycles. The van der Waals surface area contributed by atoms with Gasteiger partial charge in [0, 0.05) is 17.8 Å². The maximum absolute atomic E-state index is 11.2. The Balaban J connectivity index is 3.03. The summed E-state index contributed by atoms with van der Waals surface area (Å²) in [5.74, 6) is 0.506. The molecule has 1 aromatic rings. The standard InChI is InChI=1S/C9H9Br2ClO4S/c1-15-2-3-16-9-7(10)4-6(5-8(9)11)17(12,13)14/h4-5H,2-3H2,1H3. The van der Waals surface area contributed by atoms with E-state index in [0.29, 0.717) is 27.9 Å². The zero-order valence-electron chi connectivity index (χ0n) is 8.74. The molecule has 0 amide bonds. The summed E-state index contributed by atoms with van der Waals surface area (Å²) in [6.45, 7) is 0.801. The molecule has 0 aliphatic rings. The molecule has 0 radical (unpaired) electrons. The molecule has 0 bridgehead atoms. The van der Waals surface area contributed by atoms with E-state index in [1.807, 2.05) is 0 Å². The average molecular weight is 408 g/mol. The molecule has 0 N–H and O–H groups in total. The number of methoxy groups -OCH3 is 1. The third-order valence-corrected chi connectivity index (χ3v) is 4.30. The van der Waals surface area contributed by atoms with Crippen LogP contribution in [0.15, 0.2) is 26.0 Å². The second-order valence-electron chi connectivity index (χ2n) is 3.00. The predicted molar refractivity (Wildman–Crippen MR) is 72.3 cm³/mol. The minimum atomic E-state index is -3.76. The fourth-order valence-corrected chi connectivity index (χ4v) is 3.55. The molecule has 4 nitrogen and oxygen atoms in total. The number of ether oxygens (including phenoxy) is 2. The van der Waals surface area contributed by atoms with Crippen LogP contribution in [-0.2, 0) is 13.8 Å². The van der Waals surface area contributed by atoms with Crippen LogP contribution >= 0.6 is 42.5 Å². The van der Waals surface area contributed by atoms with E-state index in [2.05, 4.69) is 31.9 Å². The molecule has 0 aliphatic carbocycles. The SMILES string of the molecule is COCCOc1c(Br)cc(S(=O)(=O)Cl)cc1Br. The fourth-order valence-electron chi connectivity index (χ4n) is 1.04. The van der Waals surface area contributed by atoms with Crippen LogP contribution in [0.2, 0.25) is 0 Å². The Labute approximate surface area is 121 Å². The van der Waals surface area contributed by atoms with Crippen LogP contribution in [0.1, 0.15) is 0 Å². The lowest BCUT2D eigenvalue weighted by molar-refractivity contribution is 0.145. The molecular weight excluding hydrogens is 399 g/mol. The van der Waals surface area contributed by atoms with Crippen molar-refractivity contribution in [3.63, 3.8) is 0 Å². The fraction of sp³-hybridized carbons (Fsp3) is 0.333. The molecular formula is C9H9Br2ClO4S. The van der Waals surface area contributed by atoms with Crippen molar-refractivity contribution in [2.45, 2.75) is 4.90 Å². The predicted octanol–water partition coefficient (Wildman–Crippen LogP) is 3.16. The molecule has 17 heavy (non-hydrogen) atoms. The zero-order valence-corrected chi connectivity index (χ0v) is 13.5. The first kappa shape index (κ1) is 15.2. The van der Waals surface area contributed by atoms with Crippen LogP contribution < -0.4 is 4.74 Å². The quantitative estimate of drug-likeness (QED) is 0.555. The van der Waals surface area contributed by atoms with Gasteiger partial charge in [0.25, 0.3) is 9.05 Å². The number of halogens is 3. The Morgan fingerprint density at radius 1 is 1.24 bits per heavy atom. The van der Waals surface area contributed by atoms with E-state index in [4.69, 9.17) is 20.2 Å². The van der Waals surface area contributed by atoms with E-state index in [9.17, 15) is 8.42 Å². The van der Waals surface area contributed by atoms with Gasteiger partial charge in [0.2, 0.25) is 0 Å². The molecule has 0 saturated heterocycles. The smallest absolute Gasteiger partial charge is 0.261 e. The molecule has 96 valence electrons. The van der Waals surface area contributed by atoms with Gasteiger partial charge in [-0.1, -0.05) is 0 Å². The van der Waals surface area contributed by atoms with Gasteiger partial charge in [0.15, 0.2) is 0 Å². The Hall–Kier alpha value is 0.180. The summed E-state index contributed by atoms with van der Waals surface area (Å²) in [7, 11) is 3.06. The third kappa shape index (κ3) is 4.40. The monoisotopic (exact) mass is 406 g/mol. The molecule has 0 heterocycles. The lowest BCUT2D eigenvalue weighted by Gasteiger charge is -2.10. The van der Waals surface area contributed by atoms with Crippen molar-refractivity contribution in [3.8, 4) is 5.75 Å². The number of hydrogen-bond acceptors (Lipinski definition) is 4. The lowest BCUT2D eigenvalue weighted by atomic mass is 10.3. The molecule has 1 rings (SSSR count). The second kappa shape index (κ2) is 6.38. The second-order valence-corrected chi connectivity index (χ2v) is 7.27. The summed E-state index contributed by atoms with van der Waals surface area (Å²) in [6.07, 6.45) is 0. The first-order valence-corrected chi connectivity index (χ1v) is 8.31. The van der Waals surface area contributed by atoms with Crippen LogP contribution in [0.4, 0.5) is 0 Å². The van der Waals surface area contributed by atoms with Gasteiger partial charge >= 0.3 is 0 Å². The van der Waals surface area contributed by atoms with Gasteiger partial charge in [0.05, 0.1) is 20.4 Å². The van der Waals surface area contributed by atoms with Crippen LogP contribution in [0.3, 0.4) is 0 Å². The van der Waals surface area contributed by atoms with Crippen LogP contribution in [0, 0.1) is 0 Å². The molecule has 0 unspecified atom stereocenters. The Morgan fingerprint density at radius 2 is 1.76 bits per heavy atom. The summed E-state index contributed by atoms with van der Waals surface area (Å²) < 4.78 is 33.6. The van der Waals surface area contributed by atoms with E-state index < -0.39 is 9.05 Å². The van der Waals surface area contributed by atoms with E-state index >= 15 is 0 Å². The highest BCUT2D eigenvalue weighted by Crippen LogP contribution is 2.36. The molecule has 0 saturated carbocycles. The number of rotatable bonds is 5. The maximum Gasteiger partial charge on any atom is 0.261 e. The summed E-state index contributed by atoms with van der Waals surface area (Å²) >= 11 is 6.45. The number of benzene rings is 1.